The van der Waals surface area contributed by atoms with Crippen LogP contribution in [0.2, 0.25) is 0 Å². The van der Waals surface area contributed by atoms with Crippen LogP contribution in [0.15, 0.2) is 41.6 Å². The Morgan fingerprint density at radius 2 is 1.80 bits per heavy atom. The highest BCUT2D eigenvalue weighted by molar-refractivity contribution is 5.83. The lowest BCUT2D eigenvalue weighted by molar-refractivity contribution is -0.147. The van der Waals surface area contributed by atoms with Gasteiger partial charge in [0, 0.05) is 51.3 Å². The quantitative estimate of drug-likeness (QED) is 0.593. The van der Waals surface area contributed by atoms with Gasteiger partial charge in [-0.3, -0.25) is 4.68 Å². The van der Waals surface area contributed by atoms with Crippen LogP contribution in [-0.4, -0.2) is 60.2 Å². The Hall–Kier alpha value is -3.41. The summed E-state index contributed by atoms with van der Waals surface area (Å²) in [4.78, 5) is 1.94. The molecule has 0 amide bonds. The molecular formula is C23H26F3N7O2. The summed E-state index contributed by atoms with van der Waals surface area (Å²) in [7, 11) is 1.89. The molecular weight excluding hydrogens is 463 g/mol. The van der Waals surface area contributed by atoms with Gasteiger partial charge in [0.1, 0.15) is 11.6 Å². The van der Waals surface area contributed by atoms with Crippen LogP contribution in [-0.2, 0) is 31.7 Å². The van der Waals surface area contributed by atoms with Gasteiger partial charge in [-0.1, -0.05) is 12.1 Å². The average molecular weight is 490 g/mol. The lowest BCUT2D eigenvalue weighted by Crippen LogP contribution is -2.46. The topological polar surface area (TPSA) is 93.6 Å². The van der Waals surface area contributed by atoms with Crippen molar-refractivity contribution in [2.45, 2.75) is 43.9 Å². The molecule has 186 valence electrons. The third-order valence-corrected chi connectivity index (χ3v) is 6.64. The van der Waals surface area contributed by atoms with E-state index >= 15 is 0 Å². The second-order valence-electron chi connectivity index (χ2n) is 8.85. The molecule has 12 heteroatoms. The van der Waals surface area contributed by atoms with Gasteiger partial charge in [-0.25, -0.2) is 0 Å². The number of amidine groups is 1. The van der Waals surface area contributed by atoms with E-state index in [1.165, 1.54) is 0 Å². The van der Waals surface area contributed by atoms with E-state index in [1.54, 1.807) is 6.20 Å². The van der Waals surface area contributed by atoms with Crippen LogP contribution < -0.4 is 4.74 Å². The molecule has 0 aliphatic carbocycles. The van der Waals surface area contributed by atoms with Gasteiger partial charge < -0.3 is 14.7 Å². The molecule has 35 heavy (non-hydrogen) atoms. The molecule has 0 spiro atoms. The smallest absolute Gasteiger partial charge is 0.453 e. The number of aliphatic hydroxyl groups is 1. The number of benzene rings is 1. The van der Waals surface area contributed by atoms with Crippen molar-refractivity contribution in [2.75, 3.05) is 19.7 Å². The van der Waals surface area contributed by atoms with Crippen molar-refractivity contribution in [3.05, 3.63) is 59.4 Å². The summed E-state index contributed by atoms with van der Waals surface area (Å²) in [5, 5.41) is 26.5. The monoisotopic (exact) mass is 489 g/mol. The summed E-state index contributed by atoms with van der Waals surface area (Å²) in [5.74, 6) is 0.374. The number of nitrogens with zero attached hydrogens (tertiary/aromatic N) is 7. The third-order valence-electron chi connectivity index (χ3n) is 6.64. The molecule has 0 bridgehead atoms. The van der Waals surface area contributed by atoms with Crippen LogP contribution in [0.1, 0.15) is 42.2 Å². The van der Waals surface area contributed by atoms with Gasteiger partial charge >= 0.3 is 6.18 Å². The highest BCUT2D eigenvalue weighted by Crippen LogP contribution is 2.35. The average Bonchev–Trinajstić information content (AvgIpc) is 3.45. The Morgan fingerprint density at radius 1 is 1.06 bits per heavy atom. The van der Waals surface area contributed by atoms with Gasteiger partial charge in [0.15, 0.2) is 5.82 Å². The van der Waals surface area contributed by atoms with Gasteiger partial charge in [-0.2, -0.15) is 28.0 Å². The number of rotatable bonds is 5. The fourth-order valence-electron chi connectivity index (χ4n) is 4.57. The van der Waals surface area contributed by atoms with Gasteiger partial charge in [-0.15, -0.1) is 10.2 Å². The summed E-state index contributed by atoms with van der Waals surface area (Å²) in [6.45, 7) is 1.48. The predicted molar refractivity (Wildman–Crippen MR) is 120 cm³/mol. The molecule has 0 atom stereocenters. The minimum atomic E-state index is -4.62. The zero-order chi connectivity index (χ0) is 24.6. The zero-order valence-corrected chi connectivity index (χ0v) is 19.2. The number of piperidine rings is 1. The van der Waals surface area contributed by atoms with Crippen molar-refractivity contribution >= 4 is 5.84 Å². The minimum absolute atomic E-state index is 0.206. The maximum Gasteiger partial charge on any atom is 0.453 e. The second-order valence-corrected chi connectivity index (χ2v) is 8.85. The molecule has 3 aromatic rings. The number of ether oxygens (including phenoxy) is 1. The van der Waals surface area contributed by atoms with Crippen LogP contribution in [0.5, 0.6) is 5.75 Å². The first kappa shape index (κ1) is 23.3. The van der Waals surface area contributed by atoms with E-state index in [1.807, 2.05) is 47.0 Å². The van der Waals surface area contributed by atoms with Crippen LogP contribution >= 0.6 is 0 Å². The maximum absolute atomic E-state index is 13.2. The minimum Gasteiger partial charge on any atom is -0.493 e. The first-order valence-electron chi connectivity index (χ1n) is 11.5. The molecule has 4 heterocycles. The van der Waals surface area contributed by atoms with Crippen molar-refractivity contribution in [1.82, 2.24) is 29.6 Å². The number of hydrogen-bond acceptors (Lipinski definition) is 7. The van der Waals surface area contributed by atoms with Crippen molar-refractivity contribution in [3.63, 3.8) is 0 Å². The predicted octanol–water partition coefficient (Wildman–Crippen LogP) is 2.74. The lowest BCUT2D eigenvalue weighted by atomic mass is 9.84. The summed E-state index contributed by atoms with van der Waals surface area (Å²) >= 11 is 0. The van der Waals surface area contributed by atoms with Crippen molar-refractivity contribution in [2.24, 2.45) is 12.1 Å². The van der Waals surface area contributed by atoms with E-state index in [-0.39, 0.29) is 5.82 Å². The molecule has 1 N–H and O–H groups in total. The SMILES string of the molecule is Cn1nccc1CCOc1ccc(C2(O)CCN(C3=Nn4c(nnc4C(F)(F)F)CC3)CC2)cc1. The fourth-order valence-corrected chi connectivity index (χ4v) is 4.57. The van der Waals surface area contributed by atoms with E-state index in [9.17, 15) is 18.3 Å². The molecule has 2 aliphatic heterocycles. The normalized spacial score (nSPS) is 17.7. The zero-order valence-electron chi connectivity index (χ0n) is 19.2. The summed E-state index contributed by atoms with van der Waals surface area (Å²) < 4.78 is 48.0. The highest BCUT2D eigenvalue weighted by Gasteiger charge is 2.41. The van der Waals surface area contributed by atoms with Gasteiger partial charge in [0.2, 0.25) is 0 Å². The Bertz CT molecular complexity index is 1210. The van der Waals surface area contributed by atoms with E-state index < -0.39 is 17.6 Å². The Morgan fingerprint density at radius 3 is 2.46 bits per heavy atom. The molecule has 0 unspecified atom stereocenters. The first-order valence-corrected chi connectivity index (χ1v) is 11.5. The van der Waals surface area contributed by atoms with E-state index in [0.717, 1.165) is 28.1 Å². The number of likely N-dealkylation sites (tertiary alicyclic amines) is 1. The van der Waals surface area contributed by atoms with Gasteiger partial charge in [-0.05, 0) is 36.6 Å². The number of hydrogen-bond donors (Lipinski definition) is 1. The number of aromatic nitrogens is 5. The molecule has 2 aromatic heterocycles. The van der Waals surface area contributed by atoms with Gasteiger partial charge in [0.05, 0.1) is 12.2 Å². The molecule has 1 fully saturated rings. The first-order chi connectivity index (χ1) is 16.7. The van der Waals surface area contributed by atoms with Crippen molar-refractivity contribution in [1.29, 1.82) is 0 Å². The lowest BCUT2D eigenvalue weighted by Gasteiger charge is -2.40. The summed E-state index contributed by atoms with van der Waals surface area (Å²) in [6.07, 6.45) is -0.425. The molecule has 9 nitrogen and oxygen atoms in total. The maximum atomic E-state index is 13.2. The summed E-state index contributed by atoms with van der Waals surface area (Å²) in [6, 6.07) is 9.38. The largest absolute Gasteiger partial charge is 0.493 e. The van der Waals surface area contributed by atoms with Gasteiger partial charge in [0.25, 0.3) is 5.82 Å². The molecule has 1 aromatic carbocycles. The van der Waals surface area contributed by atoms with Crippen molar-refractivity contribution < 1.29 is 23.0 Å². The van der Waals surface area contributed by atoms with E-state index in [4.69, 9.17) is 4.74 Å². The number of alkyl halides is 3. The van der Waals surface area contributed by atoms with Crippen LogP contribution in [0.4, 0.5) is 13.2 Å². The molecule has 5 rings (SSSR count). The second kappa shape index (κ2) is 8.99. The van der Waals surface area contributed by atoms with Crippen LogP contribution in [0.25, 0.3) is 0 Å². The Labute approximate surface area is 199 Å². The molecule has 0 saturated carbocycles. The molecule has 1 saturated heterocycles. The standard InChI is InChI=1S/C23H26F3N7O2/c1-31-17(8-12-27-31)9-15-35-18-4-2-16(3-5-18)22(34)10-13-32(14-11-22)20-7-6-19-28-29-21(23(24,25)26)33(19)30-20/h2-5,8,12,34H,6-7,9-11,13-15H2,1H3. The number of halogens is 3. The Balaban J connectivity index is 1.19. The number of aryl methyl sites for hydroxylation is 2. The Kier molecular flexibility index (Phi) is 5.99. The van der Waals surface area contributed by atoms with Crippen molar-refractivity contribution in [3.8, 4) is 5.75 Å². The highest BCUT2D eigenvalue weighted by atomic mass is 19.4. The summed E-state index contributed by atoms with van der Waals surface area (Å²) in [5.41, 5.74) is 0.861. The van der Waals surface area contributed by atoms with Crippen LogP contribution in [0, 0.1) is 0 Å². The van der Waals surface area contributed by atoms with E-state index in [2.05, 4.69) is 20.4 Å². The number of fused-ring (bicyclic) bond motifs is 1. The molecule has 0 radical (unpaired) electrons. The fraction of sp³-hybridized carbons (Fsp3) is 0.478. The van der Waals surface area contributed by atoms with E-state index in [0.29, 0.717) is 51.2 Å². The molecule has 2 aliphatic rings. The van der Waals surface area contributed by atoms with Crippen LogP contribution in [0.3, 0.4) is 0 Å². The third kappa shape index (κ3) is 4.75.